The lowest BCUT2D eigenvalue weighted by Crippen LogP contribution is -2.24. The van der Waals surface area contributed by atoms with Gasteiger partial charge in [-0.25, -0.2) is 9.97 Å². The van der Waals surface area contributed by atoms with Gasteiger partial charge in [-0.1, -0.05) is 38.1 Å². The van der Waals surface area contributed by atoms with Crippen LogP contribution in [0.4, 0.5) is 0 Å². The molecule has 3 heteroatoms. The van der Waals surface area contributed by atoms with Crippen LogP contribution in [0.1, 0.15) is 42.5 Å². The van der Waals surface area contributed by atoms with Crippen LogP contribution in [0.15, 0.2) is 36.5 Å². The molecule has 0 amide bonds. The summed E-state index contributed by atoms with van der Waals surface area (Å²) in [4.78, 5) is 8.72. The number of hydrogen-bond donors (Lipinski definition) is 1. The van der Waals surface area contributed by atoms with Crippen molar-refractivity contribution in [3.63, 3.8) is 0 Å². The van der Waals surface area contributed by atoms with E-state index in [-0.39, 0.29) is 6.04 Å². The number of likely N-dealkylation sites (N-methyl/N-ethyl adjacent to an activating group) is 1. The van der Waals surface area contributed by atoms with E-state index in [9.17, 15) is 0 Å². The molecule has 0 spiro atoms. The third-order valence-electron chi connectivity index (χ3n) is 3.48. The minimum Gasteiger partial charge on any atom is -0.309 e. The normalized spacial score (nSPS) is 12.3. The first-order valence-corrected chi connectivity index (χ1v) is 7.33. The van der Waals surface area contributed by atoms with E-state index in [1.165, 1.54) is 11.1 Å². The number of aromatic nitrogens is 2. The van der Waals surface area contributed by atoms with Gasteiger partial charge in [-0.2, -0.15) is 0 Å². The van der Waals surface area contributed by atoms with E-state index in [0.29, 0.717) is 0 Å². The molecular formula is C17H23N3. The Kier molecular flexibility index (Phi) is 5.24. The molecule has 1 unspecified atom stereocenters. The van der Waals surface area contributed by atoms with E-state index in [1.54, 1.807) is 0 Å². The SMILES string of the molecule is CCNC(Cc1ccc(CC)cc1)c1ccnc(C)n1. The van der Waals surface area contributed by atoms with Gasteiger partial charge in [-0.3, -0.25) is 0 Å². The number of nitrogens with one attached hydrogen (secondary N) is 1. The summed E-state index contributed by atoms with van der Waals surface area (Å²) in [6.07, 6.45) is 3.87. The highest BCUT2D eigenvalue weighted by molar-refractivity contribution is 5.24. The second kappa shape index (κ2) is 7.15. The zero-order chi connectivity index (χ0) is 14.4. The Balaban J connectivity index is 2.16. The van der Waals surface area contributed by atoms with Gasteiger partial charge in [0.25, 0.3) is 0 Å². The van der Waals surface area contributed by atoms with Crippen LogP contribution in [-0.2, 0) is 12.8 Å². The summed E-state index contributed by atoms with van der Waals surface area (Å²) in [5.41, 5.74) is 3.79. The van der Waals surface area contributed by atoms with Crippen LogP contribution in [-0.4, -0.2) is 16.5 Å². The Morgan fingerprint density at radius 2 is 1.75 bits per heavy atom. The lowest BCUT2D eigenvalue weighted by Gasteiger charge is -2.18. The molecule has 0 saturated heterocycles. The largest absolute Gasteiger partial charge is 0.309 e. The highest BCUT2D eigenvalue weighted by atomic mass is 15.0. The molecule has 1 aromatic heterocycles. The zero-order valence-corrected chi connectivity index (χ0v) is 12.6. The fraction of sp³-hybridized carbons (Fsp3) is 0.412. The smallest absolute Gasteiger partial charge is 0.125 e. The summed E-state index contributed by atoms with van der Waals surface area (Å²) in [6, 6.07) is 11.1. The van der Waals surface area contributed by atoms with Crippen LogP contribution < -0.4 is 5.32 Å². The van der Waals surface area contributed by atoms with Crippen molar-refractivity contribution in [2.45, 2.75) is 39.7 Å². The van der Waals surface area contributed by atoms with Gasteiger partial charge in [0, 0.05) is 6.20 Å². The van der Waals surface area contributed by atoms with Crippen LogP contribution in [0, 0.1) is 6.92 Å². The minimum atomic E-state index is 0.245. The first-order valence-electron chi connectivity index (χ1n) is 7.33. The maximum atomic E-state index is 4.55. The summed E-state index contributed by atoms with van der Waals surface area (Å²) in [7, 11) is 0. The van der Waals surface area contributed by atoms with Crippen molar-refractivity contribution in [2.75, 3.05) is 6.54 Å². The molecule has 0 aliphatic carbocycles. The third kappa shape index (κ3) is 3.87. The van der Waals surface area contributed by atoms with Gasteiger partial charge in [-0.15, -0.1) is 0 Å². The molecule has 20 heavy (non-hydrogen) atoms. The van der Waals surface area contributed by atoms with E-state index in [0.717, 1.165) is 30.9 Å². The van der Waals surface area contributed by atoms with E-state index < -0.39 is 0 Å². The average molecular weight is 269 g/mol. The monoisotopic (exact) mass is 269 g/mol. The number of benzene rings is 1. The standard InChI is InChI=1S/C17H23N3/c1-4-14-6-8-15(9-7-14)12-17(18-5-2)16-10-11-19-13(3)20-16/h6-11,17-18H,4-5,12H2,1-3H3. The fourth-order valence-electron chi connectivity index (χ4n) is 2.34. The summed E-state index contributed by atoms with van der Waals surface area (Å²) in [6.45, 7) is 7.17. The molecule has 1 aromatic carbocycles. The molecule has 0 saturated carbocycles. The predicted octanol–water partition coefficient (Wildman–Crippen LogP) is 3.24. The summed E-state index contributed by atoms with van der Waals surface area (Å²) < 4.78 is 0. The Bertz CT molecular complexity index is 534. The van der Waals surface area contributed by atoms with Crippen molar-refractivity contribution in [3.8, 4) is 0 Å². The molecule has 0 aliphatic heterocycles. The lowest BCUT2D eigenvalue weighted by molar-refractivity contribution is 0.534. The molecule has 0 radical (unpaired) electrons. The molecule has 0 aliphatic rings. The Morgan fingerprint density at radius 3 is 2.35 bits per heavy atom. The maximum absolute atomic E-state index is 4.55. The molecule has 0 bridgehead atoms. The first kappa shape index (κ1) is 14.7. The number of nitrogens with zero attached hydrogens (tertiary/aromatic N) is 2. The van der Waals surface area contributed by atoms with E-state index in [1.807, 2.05) is 19.2 Å². The topological polar surface area (TPSA) is 37.8 Å². The molecule has 2 rings (SSSR count). The van der Waals surface area contributed by atoms with Crippen molar-refractivity contribution in [1.82, 2.24) is 15.3 Å². The second-order valence-corrected chi connectivity index (χ2v) is 5.01. The number of aryl methyl sites for hydroxylation is 2. The average Bonchev–Trinajstić information content (AvgIpc) is 2.47. The van der Waals surface area contributed by atoms with Crippen LogP contribution in [0.25, 0.3) is 0 Å². The lowest BCUT2D eigenvalue weighted by atomic mass is 10.0. The third-order valence-corrected chi connectivity index (χ3v) is 3.48. The first-order chi connectivity index (χ1) is 9.72. The van der Waals surface area contributed by atoms with Crippen molar-refractivity contribution in [3.05, 3.63) is 59.2 Å². The molecule has 2 aromatic rings. The summed E-state index contributed by atoms with van der Waals surface area (Å²) in [5.74, 6) is 0.826. The molecule has 1 heterocycles. The van der Waals surface area contributed by atoms with Gasteiger partial charge in [0.1, 0.15) is 5.82 Å². The fourth-order valence-corrected chi connectivity index (χ4v) is 2.34. The van der Waals surface area contributed by atoms with Crippen molar-refractivity contribution < 1.29 is 0 Å². The molecule has 3 nitrogen and oxygen atoms in total. The highest BCUT2D eigenvalue weighted by Gasteiger charge is 2.13. The van der Waals surface area contributed by atoms with E-state index >= 15 is 0 Å². The van der Waals surface area contributed by atoms with Gasteiger partial charge in [0.15, 0.2) is 0 Å². The van der Waals surface area contributed by atoms with E-state index in [2.05, 4.69) is 53.4 Å². The van der Waals surface area contributed by atoms with Crippen LogP contribution in [0.2, 0.25) is 0 Å². The zero-order valence-electron chi connectivity index (χ0n) is 12.6. The van der Waals surface area contributed by atoms with Gasteiger partial charge < -0.3 is 5.32 Å². The number of rotatable bonds is 6. The molecule has 0 fully saturated rings. The summed E-state index contributed by atoms with van der Waals surface area (Å²) in [5, 5.41) is 3.51. The maximum Gasteiger partial charge on any atom is 0.125 e. The Morgan fingerprint density at radius 1 is 1.05 bits per heavy atom. The van der Waals surface area contributed by atoms with Gasteiger partial charge >= 0.3 is 0 Å². The van der Waals surface area contributed by atoms with Crippen LogP contribution >= 0.6 is 0 Å². The quantitative estimate of drug-likeness (QED) is 0.875. The molecule has 1 atom stereocenters. The summed E-state index contributed by atoms with van der Waals surface area (Å²) >= 11 is 0. The molecule has 106 valence electrons. The Labute approximate surface area is 121 Å². The van der Waals surface area contributed by atoms with Crippen molar-refractivity contribution >= 4 is 0 Å². The van der Waals surface area contributed by atoms with Gasteiger partial charge in [-0.05, 0) is 43.5 Å². The van der Waals surface area contributed by atoms with Gasteiger partial charge in [0.05, 0.1) is 11.7 Å². The molecule has 1 N–H and O–H groups in total. The number of hydrogen-bond acceptors (Lipinski definition) is 3. The van der Waals surface area contributed by atoms with E-state index in [4.69, 9.17) is 0 Å². The second-order valence-electron chi connectivity index (χ2n) is 5.01. The Hall–Kier alpha value is -1.74. The van der Waals surface area contributed by atoms with Crippen molar-refractivity contribution in [2.24, 2.45) is 0 Å². The minimum absolute atomic E-state index is 0.245. The van der Waals surface area contributed by atoms with Gasteiger partial charge in [0.2, 0.25) is 0 Å². The molecular weight excluding hydrogens is 246 g/mol. The van der Waals surface area contributed by atoms with Crippen molar-refractivity contribution in [1.29, 1.82) is 0 Å². The van der Waals surface area contributed by atoms with Crippen LogP contribution in [0.3, 0.4) is 0 Å². The van der Waals surface area contributed by atoms with Crippen LogP contribution in [0.5, 0.6) is 0 Å². The predicted molar refractivity (Wildman–Crippen MR) is 82.7 cm³/mol. The highest BCUT2D eigenvalue weighted by Crippen LogP contribution is 2.17.